The van der Waals surface area contributed by atoms with Gasteiger partial charge in [-0.25, -0.2) is 19.3 Å². The highest BCUT2D eigenvalue weighted by atomic mass is 32.1. The fraction of sp³-hybridized carbons (Fsp3) is 0.455. The maximum Gasteiger partial charge on any atom is 0.349 e. The minimum absolute atomic E-state index is 0.280. The standard InChI is InChI=1S/C11H16N6OS/c1-3-16(5-4-8(12)19)9-6-10-14-15-11(18)17(10)7(2)13-9/h6H,3-5H2,1-2H3,(H2,12,19)(H,15,18). The van der Waals surface area contributed by atoms with E-state index in [-0.39, 0.29) is 5.69 Å². The van der Waals surface area contributed by atoms with Gasteiger partial charge in [0.2, 0.25) is 0 Å². The Balaban J connectivity index is 2.38. The molecule has 0 radical (unpaired) electrons. The summed E-state index contributed by atoms with van der Waals surface area (Å²) in [5.74, 6) is 1.36. The normalized spacial score (nSPS) is 10.8. The minimum Gasteiger partial charge on any atom is -0.393 e. The van der Waals surface area contributed by atoms with E-state index in [0.717, 1.165) is 12.4 Å². The number of hydrogen-bond donors (Lipinski definition) is 2. The van der Waals surface area contributed by atoms with Crippen molar-refractivity contribution in [3.63, 3.8) is 0 Å². The Labute approximate surface area is 115 Å². The lowest BCUT2D eigenvalue weighted by Crippen LogP contribution is -2.28. The van der Waals surface area contributed by atoms with Crippen molar-refractivity contribution in [2.24, 2.45) is 5.73 Å². The van der Waals surface area contributed by atoms with Crippen LogP contribution in [0, 0.1) is 6.92 Å². The molecule has 2 aromatic rings. The van der Waals surface area contributed by atoms with Crippen molar-refractivity contribution in [1.82, 2.24) is 19.6 Å². The van der Waals surface area contributed by atoms with E-state index in [1.165, 1.54) is 4.40 Å². The van der Waals surface area contributed by atoms with Crippen LogP contribution < -0.4 is 16.3 Å². The van der Waals surface area contributed by atoms with Crippen LogP contribution in [0.4, 0.5) is 5.82 Å². The summed E-state index contributed by atoms with van der Waals surface area (Å²) in [6.07, 6.45) is 0.627. The number of fused-ring (bicyclic) bond motifs is 1. The Bertz CT molecular complexity index is 661. The van der Waals surface area contributed by atoms with Gasteiger partial charge < -0.3 is 10.6 Å². The van der Waals surface area contributed by atoms with Gasteiger partial charge in [0.25, 0.3) is 0 Å². The molecule has 0 spiro atoms. The van der Waals surface area contributed by atoms with Crippen LogP contribution in [-0.2, 0) is 0 Å². The summed E-state index contributed by atoms with van der Waals surface area (Å²) in [6.45, 7) is 5.27. The van der Waals surface area contributed by atoms with Gasteiger partial charge in [-0.15, -0.1) is 0 Å². The first-order chi connectivity index (χ1) is 9.02. The third-order valence-electron chi connectivity index (χ3n) is 2.89. The highest BCUT2D eigenvalue weighted by Crippen LogP contribution is 2.13. The zero-order chi connectivity index (χ0) is 14.0. The summed E-state index contributed by atoms with van der Waals surface area (Å²) in [5.41, 5.74) is 5.80. The second-order valence-corrected chi connectivity index (χ2v) is 4.70. The van der Waals surface area contributed by atoms with Crippen molar-refractivity contribution >= 4 is 28.7 Å². The largest absolute Gasteiger partial charge is 0.393 e. The number of rotatable bonds is 5. The minimum atomic E-state index is -0.280. The molecule has 0 unspecified atom stereocenters. The van der Waals surface area contributed by atoms with Gasteiger partial charge in [0.15, 0.2) is 5.65 Å². The zero-order valence-corrected chi connectivity index (χ0v) is 11.7. The van der Waals surface area contributed by atoms with Crippen molar-refractivity contribution in [2.45, 2.75) is 20.3 Å². The summed E-state index contributed by atoms with van der Waals surface area (Å²) in [7, 11) is 0. The molecule has 2 aromatic heterocycles. The Morgan fingerprint density at radius 2 is 2.37 bits per heavy atom. The molecule has 7 nitrogen and oxygen atoms in total. The molecule has 0 aliphatic rings. The first-order valence-corrected chi connectivity index (χ1v) is 6.41. The molecule has 102 valence electrons. The van der Waals surface area contributed by atoms with E-state index in [1.807, 2.05) is 11.8 Å². The number of nitrogens with two attached hydrogens (primary N) is 1. The molecule has 0 aliphatic heterocycles. The Hall–Kier alpha value is -1.96. The fourth-order valence-electron chi connectivity index (χ4n) is 1.92. The van der Waals surface area contributed by atoms with E-state index < -0.39 is 0 Å². The Morgan fingerprint density at radius 3 is 3.00 bits per heavy atom. The number of aromatic nitrogens is 4. The van der Waals surface area contributed by atoms with E-state index in [0.29, 0.717) is 29.4 Å². The van der Waals surface area contributed by atoms with Crippen molar-refractivity contribution in [1.29, 1.82) is 0 Å². The monoisotopic (exact) mass is 280 g/mol. The molecule has 8 heteroatoms. The number of nitrogens with one attached hydrogen (secondary N) is 1. The van der Waals surface area contributed by atoms with Gasteiger partial charge in [-0.3, -0.25) is 0 Å². The maximum atomic E-state index is 11.5. The zero-order valence-electron chi connectivity index (χ0n) is 10.9. The summed E-state index contributed by atoms with van der Waals surface area (Å²) in [6, 6.07) is 1.77. The van der Waals surface area contributed by atoms with Crippen LogP contribution in [0.15, 0.2) is 10.9 Å². The van der Waals surface area contributed by atoms with Crippen LogP contribution in [-0.4, -0.2) is 37.7 Å². The molecule has 0 bridgehead atoms. The van der Waals surface area contributed by atoms with Crippen LogP contribution in [0.3, 0.4) is 0 Å². The molecule has 2 rings (SSSR count). The van der Waals surface area contributed by atoms with Crippen LogP contribution in [0.1, 0.15) is 19.2 Å². The van der Waals surface area contributed by atoms with Crippen LogP contribution in [0.25, 0.3) is 5.65 Å². The van der Waals surface area contributed by atoms with Crippen LogP contribution >= 0.6 is 12.2 Å². The highest BCUT2D eigenvalue weighted by Gasteiger charge is 2.11. The Morgan fingerprint density at radius 1 is 1.63 bits per heavy atom. The number of H-pyrrole nitrogens is 1. The molecular formula is C11H16N6OS. The molecule has 0 amide bonds. The average Bonchev–Trinajstić information content (AvgIpc) is 2.72. The number of aromatic amines is 1. The fourth-order valence-corrected chi connectivity index (χ4v) is 2.02. The number of hydrogen-bond acceptors (Lipinski definition) is 5. The van der Waals surface area contributed by atoms with Crippen molar-refractivity contribution in [3.05, 3.63) is 22.4 Å². The third kappa shape index (κ3) is 2.73. The van der Waals surface area contributed by atoms with E-state index in [4.69, 9.17) is 18.0 Å². The number of nitrogens with zero attached hydrogens (tertiary/aromatic N) is 4. The van der Waals surface area contributed by atoms with E-state index >= 15 is 0 Å². The van der Waals surface area contributed by atoms with Crippen molar-refractivity contribution in [2.75, 3.05) is 18.0 Å². The Kier molecular flexibility index (Phi) is 3.79. The second-order valence-electron chi connectivity index (χ2n) is 4.18. The van der Waals surface area contributed by atoms with Gasteiger partial charge in [-0.05, 0) is 13.8 Å². The topological polar surface area (TPSA) is 92.3 Å². The summed E-state index contributed by atoms with van der Waals surface area (Å²) in [4.78, 5) is 18.5. The van der Waals surface area contributed by atoms with Gasteiger partial charge in [-0.1, -0.05) is 12.2 Å². The lowest BCUT2D eigenvalue weighted by molar-refractivity contribution is 0.805. The number of thiocarbonyl (C=S) groups is 1. The second kappa shape index (κ2) is 5.35. The highest BCUT2D eigenvalue weighted by molar-refractivity contribution is 7.80. The smallest absolute Gasteiger partial charge is 0.349 e. The SMILES string of the molecule is CCN(CCC(N)=S)c1cc2n[nH]c(=O)n2c(C)n1. The molecule has 0 fully saturated rings. The lowest BCUT2D eigenvalue weighted by Gasteiger charge is -2.22. The summed E-state index contributed by atoms with van der Waals surface area (Å²) >= 11 is 4.89. The van der Waals surface area contributed by atoms with Crippen LogP contribution in [0.5, 0.6) is 0 Å². The van der Waals surface area contributed by atoms with E-state index in [2.05, 4.69) is 15.2 Å². The van der Waals surface area contributed by atoms with E-state index in [9.17, 15) is 4.79 Å². The first-order valence-electron chi connectivity index (χ1n) is 6.01. The average molecular weight is 280 g/mol. The van der Waals surface area contributed by atoms with Gasteiger partial charge in [0.1, 0.15) is 11.6 Å². The summed E-state index contributed by atoms with van der Waals surface area (Å²) in [5, 5.41) is 6.37. The molecular weight excluding hydrogens is 264 g/mol. The van der Waals surface area contributed by atoms with Gasteiger partial charge in [0, 0.05) is 25.6 Å². The third-order valence-corrected chi connectivity index (χ3v) is 3.09. The van der Waals surface area contributed by atoms with Crippen molar-refractivity contribution in [3.8, 4) is 0 Å². The van der Waals surface area contributed by atoms with Gasteiger partial charge in [-0.2, -0.15) is 5.10 Å². The maximum absolute atomic E-state index is 11.5. The van der Waals surface area contributed by atoms with Crippen LogP contribution in [0.2, 0.25) is 0 Å². The van der Waals surface area contributed by atoms with Gasteiger partial charge in [0.05, 0.1) is 4.99 Å². The molecule has 2 heterocycles. The predicted molar refractivity (Wildman–Crippen MR) is 77.6 cm³/mol. The molecule has 0 aromatic carbocycles. The first kappa shape index (κ1) is 13.5. The predicted octanol–water partition coefficient (Wildman–Crippen LogP) is 0.229. The molecule has 0 atom stereocenters. The molecule has 19 heavy (non-hydrogen) atoms. The van der Waals surface area contributed by atoms with Crippen molar-refractivity contribution < 1.29 is 0 Å². The molecule has 3 N–H and O–H groups in total. The molecule has 0 saturated carbocycles. The quantitative estimate of drug-likeness (QED) is 0.762. The number of anilines is 1. The summed E-state index contributed by atoms with van der Waals surface area (Å²) < 4.78 is 1.44. The van der Waals surface area contributed by atoms with E-state index in [1.54, 1.807) is 13.0 Å². The number of aryl methyl sites for hydroxylation is 1. The molecule has 0 saturated heterocycles. The van der Waals surface area contributed by atoms with Gasteiger partial charge >= 0.3 is 5.69 Å². The lowest BCUT2D eigenvalue weighted by atomic mass is 10.3. The molecule has 0 aliphatic carbocycles.